The number of rotatable bonds is 5. The van der Waals surface area contributed by atoms with Crippen molar-refractivity contribution in [2.24, 2.45) is 5.92 Å². The number of carbonyl (C=O) groups excluding carboxylic acids is 3. The van der Waals surface area contributed by atoms with Crippen molar-refractivity contribution in [3.63, 3.8) is 0 Å². The Morgan fingerprint density at radius 3 is 2.46 bits per heavy atom. The predicted molar refractivity (Wildman–Crippen MR) is 126 cm³/mol. The van der Waals surface area contributed by atoms with Gasteiger partial charge >= 0.3 is 0 Å². The Balaban J connectivity index is 1.33. The largest absolute Gasteiger partial charge is 0.337 e. The molecule has 1 aromatic heterocycles. The van der Waals surface area contributed by atoms with Crippen LogP contribution in [0.2, 0.25) is 0 Å². The van der Waals surface area contributed by atoms with Crippen molar-refractivity contribution in [1.82, 2.24) is 20.0 Å². The van der Waals surface area contributed by atoms with E-state index in [2.05, 4.69) is 10.2 Å². The van der Waals surface area contributed by atoms with Crippen LogP contribution in [-0.2, 0) is 16.0 Å². The Kier molecular flexibility index (Phi) is 6.15. The van der Waals surface area contributed by atoms with Gasteiger partial charge in [0.1, 0.15) is 5.82 Å². The quantitative estimate of drug-likeness (QED) is 0.570. The minimum Gasteiger partial charge on any atom is -0.337 e. The van der Waals surface area contributed by atoms with E-state index in [4.69, 9.17) is 0 Å². The van der Waals surface area contributed by atoms with Gasteiger partial charge in [0, 0.05) is 43.9 Å². The van der Waals surface area contributed by atoms with Gasteiger partial charge in [-0.15, -0.1) is 0 Å². The summed E-state index contributed by atoms with van der Waals surface area (Å²) >= 11 is 0. The molecule has 1 saturated heterocycles. The highest BCUT2D eigenvalue weighted by Crippen LogP contribution is 2.30. The van der Waals surface area contributed by atoms with Crippen molar-refractivity contribution in [3.8, 4) is 0 Å². The van der Waals surface area contributed by atoms with Crippen LogP contribution in [0.3, 0.4) is 0 Å². The van der Waals surface area contributed by atoms with Gasteiger partial charge in [0.2, 0.25) is 5.78 Å². The van der Waals surface area contributed by atoms with Crippen molar-refractivity contribution < 1.29 is 18.8 Å². The predicted octanol–water partition coefficient (Wildman–Crippen LogP) is 2.31. The number of nitrogens with zero attached hydrogens (tertiary/aromatic N) is 3. The SMILES string of the molecule is O=C(C(=O)N1CCCN(C(=O)c2cc(Cc3n[nH]c(=O)c4ccccc34)ccc2F)CC1)C1CC1. The van der Waals surface area contributed by atoms with Crippen molar-refractivity contribution in [2.75, 3.05) is 26.2 Å². The number of fused-ring (bicyclic) bond motifs is 1. The third-order valence-corrected chi connectivity index (χ3v) is 6.64. The molecule has 3 aromatic rings. The molecule has 0 spiro atoms. The van der Waals surface area contributed by atoms with Gasteiger partial charge in [0.25, 0.3) is 17.4 Å². The molecule has 2 aliphatic rings. The lowest BCUT2D eigenvalue weighted by atomic mass is 10.0. The number of benzene rings is 2. The number of ketones is 1. The van der Waals surface area contributed by atoms with Crippen LogP contribution in [0.25, 0.3) is 10.8 Å². The number of carbonyl (C=O) groups is 3. The van der Waals surface area contributed by atoms with E-state index in [0.717, 1.165) is 12.8 Å². The van der Waals surface area contributed by atoms with Gasteiger partial charge in [0.05, 0.1) is 16.6 Å². The summed E-state index contributed by atoms with van der Waals surface area (Å²) in [6, 6.07) is 11.5. The summed E-state index contributed by atoms with van der Waals surface area (Å²) in [4.78, 5) is 52.9. The molecule has 2 fully saturated rings. The molecule has 2 aromatic carbocycles. The summed E-state index contributed by atoms with van der Waals surface area (Å²) in [5, 5.41) is 7.87. The molecule has 0 unspecified atom stereocenters. The second-order valence-electron chi connectivity index (χ2n) is 9.11. The van der Waals surface area contributed by atoms with Crippen molar-refractivity contribution >= 4 is 28.4 Å². The monoisotopic (exact) mass is 476 g/mol. The van der Waals surface area contributed by atoms with E-state index in [0.29, 0.717) is 48.0 Å². The zero-order valence-corrected chi connectivity index (χ0v) is 19.1. The number of hydrogen-bond acceptors (Lipinski definition) is 5. The molecule has 1 aliphatic heterocycles. The van der Waals surface area contributed by atoms with Gasteiger partial charge in [0.15, 0.2) is 0 Å². The van der Waals surface area contributed by atoms with Gasteiger partial charge in [-0.25, -0.2) is 9.49 Å². The fourth-order valence-electron chi connectivity index (χ4n) is 4.52. The highest BCUT2D eigenvalue weighted by atomic mass is 19.1. The van der Waals surface area contributed by atoms with E-state index >= 15 is 0 Å². The zero-order chi connectivity index (χ0) is 24.5. The zero-order valence-electron chi connectivity index (χ0n) is 19.1. The van der Waals surface area contributed by atoms with E-state index in [1.807, 2.05) is 6.07 Å². The van der Waals surface area contributed by atoms with Crippen molar-refractivity contribution in [2.45, 2.75) is 25.7 Å². The number of nitrogens with one attached hydrogen (secondary N) is 1. The summed E-state index contributed by atoms with van der Waals surface area (Å²) in [5.41, 5.74) is 0.965. The summed E-state index contributed by atoms with van der Waals surface area (Å²) in [7, 11) is 0. The first-order valence-electron chi connectivity index (χ1n) is 11.8. The molecule has 0 atom stereocenters. The Morgan fingerprint density at radius 1 is 0.971 bits per heavy atom. The fraction of sp³-hybridized carbons (Fsp3) is 0.346. The third-order valence-electron chi connectivity index (χ3n) is 6.64. The third kappa shape index (κ3) is 4.71. The lowest BCUT2D eigenvalue weighted by Crippen LogP contribution is -2.41. The normalized spacial score (nSPS) is 16.3. The minimum absolute atomic E-state index is 0.0509. The smallest absolute Gasteiger partial charge is 0.290 e. The standard InChI is InChI=1S/C26H25FN4O4/c27-21-9-6-16(15-22-18-4-1-2-5-19(18)24(33)29-28-22)14-20(21)25(34)30-10-3-11-31(13-12-30)26(35)23(32)17-7-8-17/h1-2,4-6,9,14,17H,3,7-8,10-13,15H2,(H,29,33). The number of Topliss-reactive ketones (excluding diaryl/α,β-unsaturated/α-hetero) is 1. The minimum atomic E-state index is -0.626. The first kappa shape index (κ1) is 22.9. The average Bonchev–Trinajstić information content (AvgIpc) is 3.73. The fourth-order valence-corrected chi connectivity index (χ4v) is 4.52. The van der Waals surface area contributed by atoms with E-state index in [9.17, 15) is 23.6 Å². The van der Waals surface area contributed by atoms with Gasteiger partial charge in [-0.2, -0.15) is 5.10 Å². The number of aromatic nitrogens is 2. The van der Waals surface area contributed by atoms with Crippen LogP contribution in [0.4, 0.5) is 4.39 Å². The summed E-state index contributed by atoms with van der Waals surface area (Å²) in [6.07, 6.45) is 2.36. The number of amides is 2. The molecular weight excluding hydrogens is 451 g/mol. The molecule has 2 amide bonds. The highest BCUT2D eigenvalue weighted by molar-refractivity contribution is 6.37. The van der Waals surface area contributed by atoms with Crippen LogP contribution < -0.4 is 5.56 Å². The van der Waals surface area contributed by atoms with E-state index in [-0.39, 0.29) is 35.9 Å². The Labute approximate surface area is 200 Å². The molecule has 0 radical (unpaired) electrons. The molecule has 35 heavy (non-hydrogen) atoms. The first-order chi connectivity index (χ1) is 16.9. The van der Waals surface area contributed by atoms with Gasteiger partial charge < -0.3 is 9.80 Å². The maximum absolute atomic E-state index is 14.7. The van der Waals surface area contributed by atoms with Gasteiger partial charge in [-0.3, -0.25) is 19.2 Å². The van der Waals surface area contributed by atoms with E-state index in [1.54, 1.807) is 24.3 Å². The number of halogens is 1. The molecule has 180 valence electrons. The summed E-state index contributed by atoms with van der Waals surface area (Å²) in [6.45, 7) is 1.25. The van der Waals surface area contributed by atoms with Crippen LogP contribution in [-0.4, -0.2) is 63.8 Å². The van der Waals surface area contributed by atoms with Crippen LogP contribution in [0, 0.1) is 11.7 Å². The number of aromatic amines is 1. The average molecular weight is 477 g/mol. The Bertz CT molecular complexity index is 1380. The molecule has 8 nitrogen and oxygen atoms in total. The lowest BCUT2D eigenvalue weighted by molar-refractivity contribution is -0.145. The van der Waals surface area contributed by atoms with E-state index < -0.39 is 17.6 Å². The maximum atomic E-state index is 14.7. The molecule has 0 bridgehead atoms. The van der Waals surface area contributed by atoms with Crippen LogP contribution in [0.15, 0.2) is 47.3 Å². The number of H-pyrrole nitrogens is 1. The second kappa shape index (κ2) is 9.40. The van der Waals surface area contributed by atoms with E-state index in [1.165, 1.54) is 21.9 Å². The summed E-state index contributed by atoms with van der Waals surface area (Å²) < 4.78 is 14.7. The topological polar surface area (TPSA) is 103 Å². The number of hydrogen-bond donors (Lipinski definition) is 1. The molecule has 1 aliphatic carbocycles. The molecule has 9 heteroatoms. The van der Waals surface area contributed by atoms with Gasteiger partial charge in [-0.1, -0.05) is 24.3 Å². The molecule has 1 N–H and O–H groups in total. The Hall–Kier alpha value is -3.88. The summed E-state index contributed by atoms with van der Waals surface area (Å²) in [5.74, 6) is -2.04. The van der Waals surface area contributed by atoms with Crippen LogP contribution in [0.1, 0.15) is 40.9 Å². The molecule has 5 rings (SSSR count). The second-order valence-corrected chi connectivity index (χ2v) is 9.11. The van der Waals surface area contributed by atoms with Crippen LogP contribution >= 0.6 is 0 Å². The first-order valence-corrected chi connectivity index (χ1v) is 11.8. The molecule has 2 heterocycles. The molecular formula is C26H25FN4O4. The Morgan fingerprint density at radius 2 is 1.69 bits per heavy atom. The van der Waals surface area contributed by atoms with Crippen LogP contribution in [0.5, 0.6) is 0 Å². The molecule has 1 saturated carbocycles. The maximum Gasteiger partial charge on any atom is 0.290 e. The lowest BCUT2D eigenvalue weighted by Gasteiger charge is -2.22. The van der Waals surface area contributed by atoms with Gasteiger partial charge in [-0.05, 0) is 43.0 Å². The van der Waals surface area contributed by atoms with Crippen molar-refractivity contribution in [1.29, 1.82) is 0 Å². The van der Waals surface area contributed by atoms with Crippen molar-refractivity contribution in [3.05, 3.63) is 75.5 Å². The highest BCUT2D eigenvalue weighted by Gasteiger charge is 2.37.